The van der Waals surface area contributed by atoms with E-state index in [1.165, 1.54) is 34.2 Å². The number of thioether (sulfide) groups is 1. The summed E-state index contributed by atoms with van der Waals surface area (Å²) in [5.74, 6) is 1.53. The van der Waals surface area contributed by atoms with Crippen LogP contribution in [0.4, 0.5) is 5.13 Å². The largest absolute Gasteiger partial charge is 0.496 e. The molecule has 170 valence electrons. The summed E-state index contributed by atoms with van der Waals surface area (Å²) in [4.78, 5) is 17.1. The summed E-state index contributed by atoms with van der Waals surface area (Å²) in [5.41, 5.74) is 5.23. The Morgan fingerprint density at radius 1 is 1.15 bits per heavy atom. The minimum absolute atomic E-state index is 0.134. The lowest BCUT2D eigenvalue weighted by Crippen LogP contribution is -2.14. The normalized spacial score (nSPS) is 10.9. The number of anilines is 1. The van der Waals surface area contributed by atoms with Crippen LogP contribution in [0.5, 0.6) is 5.75 Å². The number of amides is 1. The molecule has 9 heteroatoms. The Bertz CT molecular complexity index is 1280. The van der Waals surface area contributed by atoms with Crippen LogP contribution in [-0.2, 0) is 11.3 Å². The maximum atomic E-state index is 12.6. The van der Waals surface area contributed by atoms with Gasteiger partial charge >= 0.3 is 0 Å². The van der Waals surface area contributed by atoms with E-state index in [2.05, 4.69) is 52.5 Å². The molecule has 0 aliphatic carbocycles. The third-order valence-electron chi connectivity index (χ3n) is 5.27. The van der Waals surface area contributed by atoms with E-state index in [0.29, 0.717) is 16.8 Å². The molecule has 0 spiro atoms. The first-order chi connectivity index (χ1) is 16.0. The third kappa shape index (κ3) is 5.09. The topological polar surface area (TPSA) is 81.9 Å². The Kier molecular flexibility index (Phi) is 7.10. The van der Waals surface area contributed by atoms with Crippen molar-refractivity contribution < 1.29 is 9.53 Å². The van der Waals surface area contributed by atoms with Gasteiger partial charge in [-0.15, -0.1) is 21.5 Å². The number of para-hydroxylation sites is 1. The number of methoxy groups -OCH3 is 1. The first kappa shape index (κ1) is 23.0. The van der Waals surface area contributed by atoms with Crippen molar-refractivity contribution in [2.24, 2.45) is 0 Å². The summed E-state index contributed by atoms with van der Waals surface area (Å²) in [6.07, 6.45) is 0. The van der Waals surface area contributed by atoms with E-state index in [4.69, 9.17) is 4.74 Å². The second kappa shape index (κ2) is 10.2. The SMILES string of the molecule is CCn1c(SCC(=O)Nc2nc(-c3ccc(C)c(C)c3)cs2)nnc1-c1ccccc1OC. The molecule has 0 atom stereocenters. The molecule has 7 nitrogen and oxygen atoms in total. The molecule has 2 aromatic heterocycles. The number of benzene rings is 2. The van der Waals surface area contributed by atoms with Crippen LogP contribution in [0.25, 0.3) is 22.6 Å². The summed E-state index contributed by atoms with van der Waals surface area (Å²) in [5, 5.41) is 14.8. The van der Waals surface area contributed by atoms with Crippen molar-refractivity contribution in [2.45, 2.75) is 32.5 Å². The zero-order valence-corrected chi connectivity index (χ0v) is 20.6. The Hall–Kier alpha value is -3.17. The lowest BCUT2D eigenvalue weighted by molar-refractivity contribution is -0.113. The molecule has 1 amide bonds. The van der Waals surface area contributed by atoms with Gasteiger partial charge in [-0.3, -0.25) is 4.79 Å². The predicted octanol–water partition coefficient (Wildman–Crippen LogP) is 5.44. The van der Waals surface area contributed by atoms with Gasteiger partial charge in [-0.2, -0.15) is 0 Å². The molecule has 0 aliphatic heterocycles. The van der Waals surface area contributed by atoms with Crippen LogP contribution in [-0.4, -0.2) is 38.5 Å². The number of carbonyl (C=O) groups excluding carboxylic acids is 1. The second-order valence-corrected chi connectivity index (χ2v) is 9.23. The molecule has 0 saturated carbocycles. The standard InChI is InChI=1S/C24H25N5O2S2/c1-5-29-22(18-8-6-7-9-20(18)31-4)27-28-24(29)33-14-21(30)26-23-25-19(13-32-23)17-11-10-15(2)16(3)12-17/h6-13H,5,14H2,1-4H3,(H,25,26,30). The van der Waals surface area contributed by atoms with Crippen molar-refractivity contribution in [1.82, 2.24) is 19.7 Å². The van der Waals surface area contributed by atoms with Gasteiger partial charge in [-0.25, -0.2) is 4.98 Å². The summed E-state index contributed by atoms with van der Waals surface area (Å²) in [6, 6.07) is 13.9. The Morgan fingerprint density at radius 2 is 1.97 bits per heavy atom. The van der Waals surface area contributed by atoms with E-state index in [1.54, 1.807) is 7.11 Å². The second-order valence-electron chi connectivity index (χ2n) is 7.42. The van der Waals surface area contributed by atoms with Crippen molar-refractivity contribution in [3.8, 4) is 28.4 Å². The van der Waals surface area contributed by atoms with E-state index >= 15 is 0 Å². The van der Waals surface area contributed by atoms with E-state index in [-0.39, 0.29) is 11.7 Å². The van der Waals surface area contributed by atoms with Crippen LogP contribution in [0, 0.1) is 13.8 Å². The lowest BCUT2D eigenvalue weighted by Gasteiger charge is -2.10. The van der Waals surface area contributed by atoms with Crippen molar-refractivity contribution >= 4 is 34.1 Å². The van der Waals surface area contributed by atoms with Gasteiger partial charge in [-0.05, 0) is 50.1 Å². The van der Waals surface area contributed by atoms with Gasteiger partial charge < -0.3 is 14.6 Å². The Labute approximate surface area is 201 Å². The van der Waals surface area contributed by atoms with Crippen LogP contribution in [0.15, 0.2) is 53.0 Å². The number of nitrogens with one attached hydrogen (secondary N) is 1. The van der Waals surface area contributed by atoms with Crippen molar-refractivity contribution in [2.75, 3.05) is 18.2 Å². The predicted molar refractivity (Wildman–Crippen MR) is 134 cm³/mol. The summed E-state index contributed by atoms with van der Waals surface area (Å²) >= 11 is 2.77. The number of nitrogens with zero attached hydrogens (tertiary/aromatic N) is 4. The van der Waals surface area contributed by atoms with Gasteiger partial charge in [0, 0.05) is 17.5 Å². The molecule has 2 aromatic carbocycles. The van der Waals surface area contributed by atoms with E-state index in [1.807, 2.05) is 41.1 Å². The fourth-order valence-corrected chi connectivity index (χ4v) is 4.90. The molecule has 0 aliphatic rings. The molecule has 0 fully saturated rings. The maximum absolute atomic E-state index is 12.6. The highest BCUT2D eigenvalue weighted by atomic mass is 32.2. The number of thiazole rings is 1. The number of aryl methyl sites for hydroxylation is 2. The molecule has 4 rings (SSSR count). The fraction of sp³-hybridized carbons (Fsp3) is 0.250. The fourth-order valence-electron chi connectivity index (χ4n) is 3.36. The smallest absolute Gasteiger partial charge is 0.236 e. The zero-order chi connectivity index (χ0) is 23.4. The number of carbonyl (C=O) groups is 1. The van der Waals surface area contributed by atoms with Crippen molar-refractivity contribution in [1.29, 1.82) is 0 Å². The third-order valence-corrected chi connectivity index (χ3v) is 6.99. The Balaban J connectivity index is 1.42. The zero-order valence-electron chi connectivity index (χ0n) is 19.0. The van der Waals surface area contributed by atoms with E-state index in [0.717, 1.165) is 28.4 Å². The van der Waals surface area contributed by atoms with Crippen LogP contribution >= 0.6 is 23.1 Å². The Morgan fingerprint density at radius 3 is 2.73 bits per heavy atom. The summed E-state index contributed by atoms with van der Waals surface area (Å²) in [6.45, 7) is 6.87. The van der Waals surface area contributed by atoms with Crippen LogP contribution in [0.2, 0.25) is 0 Å². The molecule has 2 heterocycles. The molecule has 1 N–H and O–H groups in total. The van der Waals surface area contributed by atoms with E-state index in [9.17, 15) is 4.79 Å². The van der Waals surface area contributed by atoms with Gasteiger partial charge in [-0.1, -0.05) is 36.0 Å². The molecule has 4 aromatic rings. The molecule has 0 unspecified atom stereocenters. The maximum Gasteiger partial charge on any atom is 0.236 e. The van der Waals surface area contributed by atoms with Crippen LogP contribution < -0.4 is 10.1 Å². The molecular formula is C24H25N5O2S2. The first-order valence-electron chi connectivity index (χ1n) is 10.5. The van der Waals surface area contributed by atoms with Gasteiger partial charge in [0.2, 0.25) is 5.91 Å². The van der Waals surface area contributed by atoms with Crippen molar-refractivity contribution in [3.63, 3.8) is 0 Å². The molecule has 0 radical (unpaired) electrons. The van der Waals surface area contributed by atoms with Gasteiger partial charge in [0.05, 0.1) is 24.1 Å². The average molecular weight is 480 g/mol. The average Bonchev–Trinajstić information content (AvgIpc) is 3.46. The number of hydrogen-bond acceptors (Lipinski definition) is 7. The molecule has 33 heavy (non-hydrogen) atoms. The highest BCUT2D eigenvalue weighted by Crippen LogP contribution is 2.31. The van der Waals surface area contributed by atoms with Gasteiger partial charge in [0.15, 0.2) is 16.1 Å². The molecule has 0 saturated heterocycles. The highest BCUT2D eigenvalue weighted by molar-refractivity contribution is 7.99. The van der Waals surface area contributed by atoms with Crippen LogP contribution in [0.3, 0.4) is 0 Å². The number of ether oxygens (including phenoxy) is 1. The number of hydrogen-bond donors (Lipinski definition) is 1. The van der Waals surface area contributed by atoms with Gasteiger partial charge in [0.1, 0.15) is 5.75 Å². The minimum atomic E-state index is -0.134. The van der Waals surface area contributed by atoms with Crippen molar-refractivity contribution in [3.05, 3.63) is 59.0 Å². The quantitative estimate of drug-likeness (QED) is 0.339. The lowest BCUT2D eigenvalue weighted by atomic mass is 10.1. The van der Waals surface area contributed by atoms with E-state index < -0.39 is 0 Å². The minimum Gasteiger partial charge on any atom is -0.496 e. The summed E-state index contributed by atoms with van der Waals surface area (Å²) < 4.78 is 7.44. The monoisotopic (exact) mass is 479 g/mol. The van der Waals surface area contributed by atoms with Crippen LogP contribution in [0.1, 0.15) is 18.1 Å². The number of rotatable bonds is 8. The molecule has 0 bridgehead atoms. The summed E-state index contributed by atoms with van der Waals surface area (Å²) in [7, 11) is 1.63. The number of aromatic nitrogens is 4. The highest BCUT2D eigenvalue weighted by Gasteiger charge is 2.18. The first-order valence-corrected chi connectivity index (χ1v) is 12.4. The van der Waals surface area contributed by atoms with Gasteiger partial charge in [0.25, 0.3) is 0 Å². The molecular weight excluding hydrogens is 454 g/mol.